The van der Waals surface area contributed by atoms with E-state index in [-0.39, 0.29) is 0 Å². The summed E-state index contributed by atoms with van der Waals surface area (Å²) in [6.45, 7) is 2.73. The van der Waals surface area contributed by atoms with Gasteiger partial charge in [-0.25, -0.2) is 4.98 Å². The lowest BCUT2D eigenvalue weighted by Crippen LogP contribution is -2.41. The van der Waals surface area contributed by atoms with Crippen molar-refractivity contribution in [3.8, 4) is 0 Å². The number of carbonyl (C=O) groups is 1. The Morgan fingerprint density at radius 1 is 1.65 bits per heavy atom. The summed E-state index contributed by atoms with van der Waals surface area (Å²) in [5.41, 5.74) is 5.72. The van der Waals surface area contributed by atoms with Gasteiger partial charge in [-0.2, -0.15) is 0 Å². The number of aromatic nitrogens is 1. The van der Waals surface area contributed by atoms with Gasteiger partial charge in [-0.15, -0.1) is 0 Å². The van der Waals surface area contributed by atoms with E-state index >= 15 is 0 Å². The smallest absolute Gasteiger partial charge is 0.252 e. The molecule has 1 saturated carbocycles. The zero-order valence-corrected chi connectivity index (χ0v) is 9.85. The molecule has 1 amide bonds. The van der Waals surface area contributed by atoms with Crippen LogP contribution in [0.1, 0.15) is 30.1 Å². The molecule has 17 heavy (non-hydrogen) atoms. The zero-order chi connectivity index (χ0) is 12.3. The van der Waals surface area contributed by atoms with Gasteiger partial charge in [-0.05, 0) is 31.9 Å². The van der Waals surface area contributed by atoms with Crippen molar-refractivity contribution in [3.63, 3.8) is 0 Å². The Balaban J connectivity index is 1.94. The fraction of sp³-hybridized carbons (Fsp3) is 0.500. The minimum Gasteiger partial charge on any atom is -0.378 e. The number of carbonyl (C=O) groups excluding carboxylic acids is 1. The SMILES string of the molecule is CCOC1CC(Nc2ncccc2C(N)=O)C1. The van der Waals surface area contributed by atoms with E-state index in [0.29, 0.717) is 23.5 Å². The number of nitrogens with two attached hydrogens (primary N) is 1. The summed E-state index contributed by atoms with van der Waals surface area (Å²) in [7, 11) is 0. The molecule has 0 aliphatic heterocycles. The van der Waals surface area contributed by atoms with Crippen LogP contribution in [0.15, 0.2) is 18.3 Å². The van der Waals surface area contributed by atoms with Gasteiger partial charge in [0.1, 0.15) is 5.82 Å². The van der Waals surface area contributed by atoms with Crippen molar-refractivity contribution in [2.75, 3.05) is 11.9 Å². The lowest BCUT2D eigenvalue weighted by Gasteiger charge is -2.35. The average molecular weight is 235 g/mol. The molecule has 1 aliphatic rings. The number of rotatable bonds is 5. The fourth-order valence-electron chi connectivity index (χ4n) is 1.97. The Bertz CT molecular complexity index is 402. The van der Waals surface area contributed by atoms with Crippen LogP contribution in [0.5, 0.6) is 0 Å². The summed E-state index contributed by atoms with van der Waals surface area (Å²) in [6.07, 6.45) is 3.87. The standard InChI is InChI=1S/C12H17N3O2/c1-2-17-9-6-8(7-9)15-12-10(11(13)16)4-3-5-14-12/h3-5,8-9H,2,6-7H2,1H3,(H2,13,16)(H,14,15). The highest BCUT2D eigenvalue weighted by atomic mass is 16.5. The highest BCUT2D eigenvalue weighted by Crippen LogP contribution is 2.27. The molecule has 0 spiro atoms. The predicted octanol–water partition coefficient (Wildman–Crippen LogP) is 1.16. The molecule has 3 N–H and O–H groups in total. The molecule has 92 valence electrons. The van der Waals surface area contributed by atoms with Crippen LogP contribution in [-0.2, 0) is 4.74 Å². The molecule has 0 atom stereocenters. The summed E-state index contributed by atoms with van der Waals surface area (Å²) in [5.74, 6) is 0.112. The van der Waals surface area contributed by atoms with Gasteiger partial charge in [0.15, 0.2) is 0 Å². The second-order valence-electron chi connectivity index (χ2n) is 4.15. The molecule has 0 radical (unpaired) electrons. The van der Waals surface area contributed by atoms with E-state index in [0.717, 1.165) is 19.4 Å². The first-order chi connectivity index (χ1) is 8.20. The maximum atomic E-state index is 11.2. The van der Waals surface area contributed by atoms with Crippen molar-refractivity contribution in [1.29, 1.82) is 0 Å². The van der Waals surface area contributed by atoms with E-state index in [1.807, 2.05) is 6.92 Å². The number of primary amides is 1. The highest BCUT2D eigenvalue weighted by molar-refractivity contribution is 5.97. The summed E-state index contributed by atoms with van der Waals surface area (Å²) < 4.78 is 5.47. The largest absolute Gasteiger partial charge is 0.378 e. The second kappa shape index (κ2) is 5.14. The molecule has 0 unspecified atom stereocenters. The molecule has 1 fully saturated rings. The van der Waals surface area contributed by atoms with Gasteiger partial charge in [0.2, 0.25) is 0 Å². The third-order valence-corrected chi connectivity index (χ3v) is 2.91. The molecule has 1 aromatic rings. The number of anilines is 1. The molecule has 0 aromatic carbocycles. The molecule has 2 rings (SSSR count). The van der Waals surface area contributed by atoms with Crippen LogP contribution in [0.4, 0.5) is 5.82 Å². The van der Waals surface area contributed by atoms with Gasteiger partial charge in [0.05, 0.1) is 11.7 Å². The van der Waals surface area contributed by atoms with Crippen molar-refractivity contribution in [3.05, 3.63) is 23.9 Å². The maximum absolute atomic E-state index is 11.2. The number of nitrogens with zero attached hydrogens (tertiary/aromatic N) is 1. The van der Waals surface area contributed by atoms with E-state index in [9.17, 15) is 4.79 Å². The van der Waals surface area contributed by atoms with Crippen LogP contribution in [0.25, 0.3) is 0 Å². The number of amides is 1. The first-order valence-electron chi connectivity index (χ1n) is 5.83. The normalized spacial score (nSPS) is 22.9. The number of pyridine rings is 1. The van der Waals surface area contributed by atoms with Crippen molar-refractivity contribution < 1.29 is 9.53 Å². The Morgan fingerprint density at radius 2 is 2.41 bits per heavy atom. The minimum absolute atomic E-state index is 0.319. The summed E-state index contributed by atoms with van der Waals surface area (Å²) >= 11 is 0. The number of hydrogen-bond acceptors (Lipinski definition) is 4. The van der Waals surface area contributed by atoms with Crippen molar-refractivity contribution in [1.82, 2.24) is 4.98 Å². The minimum atomic E-state index is -0.457. The molecule has 1 aliphatic carbocycles. The molecule has 0 saturated heterocycles. The van der Waals surface area contributed by atoms with Gasteiger partial charge in [-0.1, -0.05) is 0 Å². The van der Waals surface area contributed by atoms with E-state index in [4.69, 9.17) is 10.5 Å². The van der Waals surface area contributed by atoms with E-state index in [2.05, 4.69) is 10.3 Å². The third kappa shape index (κ3) is 2.74. The predicted molar refractivity (Wildman–Crippen MR) is 64.8 cm³/mol. The van der Waals surface area contributed by atoms with Crippen LogP contribution in [0.2, 0.25) is 0 Å². The molecular formula is C12H17N3O2. The Hall–Kier alpha value is -1.62. The summed E-state index contributed by atoms with van der Waals surface area (Å²) in [4.78, 5) is 15.3. The Kier molecular flexibility index (Phi) is 3.58. The van der Waals surface area contributed by atoms with Gasteiger partial charge >= 0.3 is 0 Å². The van der Waals surface area contributed by atoms with Crippen molar-refractivity contribution in [2.24, 2.45) is 5.73 Å². The molecule has 5 nitrogen and oxygen atoms in total. The Labute approximate surface area is 100 Å². The fourth-order valence-corrected chi connectivity index (χ4v) is 1.97. The van der Waals surface area contributed by atoms with Crippen LogP contribution < -0.4 is 11.1 Å². The monoisotopic (exact) mass is 235 g/mol. The Morgan fingerprint density at radius 3 is 3.06 bits per heavy atom. The van der Waals surface area contributed by atoms with E-state index in [1.54, 1.807) is 18.3 Å². The second-order valence-corrected chi connectivity index (χ2v) is 4.15. The number of hydrogen-bond donors (Lipinski definition) is 2. The van der Waals surface area contributed by atoms with Crippen LogP contribution in [0, 0.1) is 0 Å². The summed E-state index contributed by atoms with van der Waals surface area (Å²) in [6, 6.07) is 3.70. The lowest BCUT2D eigenvalue weighted by molar-refractivity contribution is 0.00292. The summed E-state index contributed by atoms with van der Waals surface area (Å²) in [5, 5.41) is 3.22. The van der Waals surface area contributed by atoms with E-state index in [1.165, 1.54) is 0 Å². The maximum Gasteiger partial charge on any atom is 0.252 e. The van der Waals surface area contributed by atoms with Crippen molar-refractivity contribution in [2.45, 2.75) is 31.9 Å². The molecule has 1 aromatic heterocycles. The first-order valence-corrected chi connectivity index (χ1v) is 5.83. The topological polar surface area (TPSA) is 77.2 Å². The molecule has 1 heterocycles. The third-order valence-electron chi connectivity index (χ3n) is 2.91. The van der Waals surface area contributed by atoms with Gasteiger partial charge in [-0.3, -0.25) is 4.79 Å². The highest BCUT2D eigenvalue weighted by Gasteiger charge is 2.30. The zero-order valence-electron chi connectivity index (χ0n) is 9.85. The number of nitrogens with one attached hydrogen (secondary N) is 1. The quantitative estimate of drug-likeness (QED) is 0.802. The van der Waals surface area contributed by atoms with Crippen molar-refractivity contribution >= 4 is 11.7 Å². The van der Waals surface area contributed by atoms with Gasteiger partial charge < -0.3 is 15.8 Å². The van der Waals surface area contributed by atoms with Gasteiger partial charge in [0, 0.05) is 18.8 Å². The first kappa shape index (κ1) is 11.9. The average Bonchev–Trinajstić information content (AvgIpc) is 2.26. The number of ether oxygens (including phenoxy) is 1. The molecular weight excluding hydrogens is 218 g/mol. The van der Waals surface area contributed by atoms with E-state index < -0.39 is 5.91 Å². The molecule has 0 bridgehead atoms. The van der Waals surface area contributed by atoms with Gasteiger partial charge in [0.25, 0.3) is 5.91 Å². The van der Waals surface area contributed by atoms with Crippen LogP contribution in [0.3, 0.4) is 0 Å². The van der Waals surface area contributed by atoms with Crippen LogP contribution >= 0.6 is 0 Å². The lowest BCUT2D eigenvalue weighted by atomic mass is 9.89. The van der Waals surface area contributed by atoms with Crippen LogP contribution in [-0.4, -0.2) is 29.6 Å². The molecule has 5 heteroatoms.